The van der Waals surface area contributed by atoms with E-state index in [1.54, 1.807) is 25.3 Å². The zero-order chi connectivity index (χ0) is 15.9. The summed E-state index contributed by atoms with van der Waals surface area (Å²) in [5.41, 5.74) is 0.893. The molecule has 22 heavy (non-hydrogen) atoms. The smallest absolute Gasteiger partial charge is 0.138 e. The quantitative estimate of drug-likeness (QED) is 0.802. The molecular formula is C16H17Cl2NO3. The first-order valence-corrected chi connectivity index (χ1v) is 7.48. The Morgan fingerprint density at radius 1 is 1.14 bits per heavy atom. The summed E-state index contributed by atoms with van der Waals surface area (Å²) in [6.45, 7) is 0.488. The van der Waals surface area contributed by atoms with E-state index >= 15 is 0 Å². The Bertz CT molecular complexity index is 605. The number of aliphatic hydroxyl groups excluding tert-OH is 1. The van der Waals surface area contributed by atoms with Crippen molar-refractivity contribution in [3.8, 4) is 11.5 Å². The number of anilines is 1. The van der Waals surface area contributed by atoms with Crippen LogP contribution in [0, 0.1) is 0 Å². The fourth-order valence-corrected chi connectivity index (χ4v) is 2.24. The van der Waals surface area contributed by atoms with Crippen molar-refractivity contribution in [3.05, 3.63) is 52.5 Å². The van der Waals surface area contributed by atoms with E-state index in [0.29, 0.717) is 22.3 Å². The second kappa shape index (κ2) is 8.13. The molecule has 1 unspecified atom stereocenters. The Labute approximate surface area is 139 Å². The van der Waals surface area contributed by atoms with Crippen LogP contribution in [0.1, 0.15) is 0 Å². The summed E-state index contributed by atoms with van der Waals surface area (Å²) in [7, 11) is 1.62. The van der Waals surface area contributed by atoms with Crippen molar-refractivity contribution in [2.24, 2.45) is 0 Å². The van der Waals surface area contributed by atoms with E-state index < -0.39 is 6.10 Å². The van der Waals surface area contributed by atoms with Crippen molar-refractivity contribution in [2.75, 3.05) is 25.6 Å². The second-order valence-corrected chi connectivity index (χ2v) is 5.49. The molecule has 0 aromatic heterocycles. The Kier molecular flexibility index (Phi) is 6.19. The minimum absolute atomic E-state index is 0.129. The van der Waals surface area contributed by atoms with Crippen molar-refractivity contribution in [1.29, 1.82) is 0 Å². The molecule has 0 amide bonds. The van der Waals surface area contributed by atoms with Gasteiger partial charge in [-0.15, -0.1) is 0 Å². The van der Waals surface area contributed by atoms with Gasteiger partial charge in [0.1, 0.15) is 24.2 Å². The van der Waals surface area contributed by atoms with Gasteiger partial charge in [-0.3, -0.25) is 0 Å². The van der Waals surface area contributed by atoms with Gasteiger partial charge < -0.3 is 19.9 Å². The van der Waals surface area contributed by atoms with Crippen molar-refractivity contribution < 1.29 is 14.6 Å². The Morgan fingerprint density at radius 3 is 2.50 bits per heavy atom. The van der Waals surface area contributed by atoms with E-state index in [1.165, 1.54) is 0 Å². The van der Waals surface area contributed by atoms with Gasteiger partial charge in [-0.25, -0.2) is 0 Å². The predicted molar refractivity (Wildman–Crippen MR) is 89.4 cm³/mol. The molecule has 0 fully saturated rings. The van der Waals surface area contributed by atoms with Crippen LogP contribution in [0.15, 0.2) is 42.5 Å². The summed E-state index contributed by atoms with van der Waals surface area (Å²) >= 11 is 11.8. The Balaban J connectivity index is 1.78. The van der Waals surface area contributed by atoms with Gasteiger partial charge in [0.25, 0.3) is 0 Å². The number of ether oxygens (including phenoxy) is 2. The summed E-state index contributed by atoms with van der Waals surface area (Å²) in [5, 5.41) is 14.0. The van der Waals surface area contributed by atoms with Gasteiger partial charge >= 0.3 is 0 Å². The van der Waals surface area contributed by atoms with E-state index in [2.05, 4.69) is 5.32 Å². The highest BCUT2D eigenvalue weighted by atomic mass is 35.5. The molecule has 0 aliphatic carbocycles. The zero-order valence-corrected chi connectivity index (χ0v) is 13.6. The number of aliphatic hydroxyl groups is 1. The van der Waals surface area contributed by atoms with Crippen LogP contribution in [-0.2, 0) is 0 Å². The highest BCUT2D eigenvalue weighted by Gasteiger charge is 2.08. The molecule has 0 saturated carbocycles. The van der Waals surface area contributed by atoms with Crippen LogP contribution >= 0.6 is 23.2 Å². The monoisotopic (exact) mass is 341 g/mol. The Morgan fingerprint density at radius 2 is 1.86 bits per heavy atom. The van der Waals surface area contributed by atoms with Gasteiger partial charge in [0.05, 0.1) is 12.1 Å². The molecule has 6 heteroatoms. The molecule has 0 aliphatic heterocycles. The van der Waals surface area contributed by atoms with Crippen molar-refractivity contribution in [3.63, 3.8) is 0 Å². The Hall–Kier alpha value is -1.62. The minimum Gasteiger partial charge on any atom is -0.497 e. The topological polar surface area (TPSA) is 50.7 Å². The fourth-order valence-electron chi connectivity index (χ4n) is 1.78. The third kappa shape index (κ3) is 4.98. The number of methoxy groups -OCH3 is 1. The van der Waals surface area contributed by atoms with Gasteiger partial charge in [-0.05, 0) is 42.5 Å². The van der Waals surface area contributed by atoms with Crippen LogP contribution < -0.4 is 14.8 Å². The third-order valence-electron chi connectivity index (χ3n) is 2.96. The van der Waals surface area contributed by atoms with E-state index in [9.17, 15) is 5.11 Å². The lowest BCUT2D eigenvalue weighted by Crippen LogP contribution is -2.26. The van der Waals surface area contributed by atoms with E-state index in [1.807, 2.05) is 24.3 Å². The predicted octanol–water partition coefficient (Wildman–Crippen LogP) is 3.85. The molecule has 2 rings (SSSR count). The largest absolute Gasteiger partial charge is 0.497 e. The van der Waals surface area contributed by atoms with Crippen molar-refractivity contribution in [2.45, 2.75) is 6.10 Å². The average Bonchev–Trinajstić information content (AvgIpc) is 2.52. The average molecular weight is 342 g/mol. The first-order chi connectivity index (χ1) is 10.6. The highest BCUT2D eigenvalue weighted by molar-refractivity contribution is 6.35. The number of hydrogen-bond acceptors (Lipinski definition) is 4. The summed E-state index contributed by atoms with van der Waals surface area (Å²) < 4.78 is 10.6. The number of hydrogen-bond donors (Lipinski definition) is 2. The zero-order valence-electron chi connectivity index (χ0n) is 12.1. The molecule has 2 aromatic carbocycles. The van der Waals surface area contributed by atoms with Crippen LogP contribution in [0.2, 0.25) is 10.0 Å². The van der Waals surface area contributed by atoms with E-state index in [-0.39, 0.29) is 6.61 Å². The minimum atomic E-state index is -0.672. The molecule has 2 aromatic rings. The van der Waals surface area contributed by atoms with Crippen LogP contribution in [0.25, 0.3) is 0 Å². The van der Waals surface area contributed by atoms with Crippen LogP contribution in [0.5, 0.6) is 11.5 Å². The SMILES string of the molecule is COc1ccc(NCC(O)COc2ccc(Cl)cc2Cl)cc1. The standard InChI is InChI=1S/C16H17Cl2NO3/c1-21-14-5-3-12(4-6-14)19-9-13(20)10-22-16-7-2-11(17)8-15(16)18/h2-8,13,19-20H,9-10H2,1H3. The number of benzene rings is 2. The van der Waals surface area contributed by atoms with Gasteiger partial charge in [0.2, 0.25) is 0 Å². The summed E-state index contributed by atoms with van der Waals surface area (Å²) in [6, 6.07) is 12.4. The molecule has 0 aliphatic rings. The van der Waals surface area contributed by atoms with Crippen molar-refractivity contribution in [1.82, 2.24) is 0 Å². The molecule has 2 N–H and O–H groups in total. The maximum absolute atomic E-state index is 9.94. The molecule has 0 spiro atoms. The van der Waals surface area contributed by atoms with Gasteiger partial charge in [-0.1, -0.05) is 23.2 Å². The van der Waals surface area contributed by atoms with Crippen LogP contribution in [-0.4, -0.2) is 31.5 Å². The molecule has 118 valence electrons. The molecule has 1 atom stereocenters. The van der Waals surface area contributed by atoms with Crippen LogP contribution in [0.4, 0.5) is 5.69 Å². The molecular weight excluding hydrogens is 325 g/mol. The first-order valence-electron chi connectivity index (χ1n) is 6.72. The molecule has 4 nitrogen and oxygen atoms in total. The summed E-state index contributed by atoms with van der Waals surface area (Å²) in [6.07, 6.45) is -0.672. The normalized spacial score (nSPS) is 11.8. The lowest BCUT2D eigenvalue weighted by Gasteiger charge is -2.15. The van der Waals surface area contributed by atoms with Crippen LogP contribution in [0.3, 0.4) is 0 Å². The highest BCUT2D eigenvalue weighted by Crippen LogP contribution is 2.27. The van der Waals surface area contributed by atoms with E-state index in [4.69, 9.17) is 32.7 Å². The first kappa shape index (κ1) is 16.7. The maximum Gasteiger partial charge on any atom is 0.138 e. The fraction of sp³-hybridized carbons (Fsp3) is 0.250. The molecule has 0 heterocycles. The number of nitrogens with one attached hydrogen (secondary N) is 1. The van der Waals surface area contributed by atoms with Gasteiger partial charge in [-0.2, -0.15) is 0 Å². The lowest BCUT2D eigenvalue weighted by atomic mass is 10.3. The molecule has 0 bridgehead atoms. The maximum atomic E-state index is 9.94. The van der Waals surface area contributed by atoms with Gasteiger partial charge in [0.15, 0.2) is 0 Å². The van der Waals surface area contributed by atoms with Gasteiger partial charge in [0, 0.05) is 17.3 Å². The summed E-state index contributed by atoms with van der Waals surface area (Å²) in [4.78, 5) is 0. The number of halogens is 2. The third-order valence-corrected chi connectivity index (χ3v) is 3.49. The molecule has 0 radical (unpaired) electrons. The van der Waals surface area contributed by atoms with Crippen molar-refractivity contribution >= 4 is 28.9 Å². The second-order valence-electron chi connectivity index (χ2n) is 4.65. The lowest BCUT2D eigenvalue weighted by molar-refractivity contribution is 0.117. The number of rotatable bonds is 7. The summed E-state index contributed by atoms with van der Waals surface area (Å²) in [5.74, 6) is 1.28. The van der Waals surface area contributed by atoms with E-state index in [0.717, 1.165) is 11.4 Å². The molecule has 0 saturated heterocycles.